The predicted octanol–water partition coefficient (Wildman–Crippen LogP) is 6.72. The SMILES string of the molecule is C=CC(=C)C1C(CCC(O)c2ccccc2)C(=O)N1c1ccc(CCCCN2CCC(CC)CC2)cc1. The fraction of sp³-hybridized carbons (Fsp3) is 0.485. The molecule has 0 bridgehead atoms. The number of nitrogens with zero attached hydrogens (tertiary/aromatic N) is 2. The molecule has 1 amide bonds. The van der Waals surface area contributed by atoms with Gasteiger partial charge in [-0.15, -0.1) is 0 Å². The van der Waals surface area contributed by atoms with E-state index in [1.54, 1.807) is 6.08 Å². The maximum atomic E-state index is 13.2. The molecular weight excluding hydrogens is 456 g/mol. The topological polar surface area (TPSA) is 43.8 Å². The van der Waals surface area contributed by atoms with E-state index in [0.29, 0.717) is 12.8 Å². The summed E-state index contributed by atoms with van der Waals surface area (Å²) < 4.78 is 0. The first-order valence-electron chi connectivity index (χ1n) is 14.2. The van der Waals surface area contributed by atoms with Crippen molar-refractivity contribution in [3.63, 3.8) is 0 Å². The van der Waals surface area contributed by atoms with Gasteiger partial charge in [-0.1, -0.05) is 75.0 Å². The van der Waals surface area contributed by atoms with Crippen molar-refractivity contribution >= 4 is 11.6 Å². The van der Waals surface area contributed by atoms with Crippen LogP contribution in [0.1, 0.15) is 69.1 Å². The summed E-state index contributed by atoms with van der Waals surface area (Å²) in [6.07, 6.45) is 9.91. The highest BCUT2D eigenvalue weighted by Crippen LogP contribution is 2.40. The van der Waals surface area contributed by atoms with E-state index in [-0.39, 0.29) is 17.9 Å². The molecule has 4 rings (SSSR count). The van der Waals surface area contributed by atoms with Crippen LogP contribution in [0, 0.1) is 11.8 Å². The van der Waals surface area contributed by atoms with Gasteiger partial charge in [0.25, 0.3) is 0 Å². The van der Waals surface area contributed by atoms with Crippen molar-refractivity contribution in [1.82, 2.24) is 4.90 Å². The maximum absolute atomic E-state index is 13.2. The molecule has 2 aromatic carbocycles. The molecule has 0 aromatic heterocycles. The molecule has 3 atom stereocenters. The molecule has 3 unspecified atom stereocenters. The maximum Gasteiger partial charge on any atom is 0.233 e. The zero-order valence-electron chi connectivity index (χ0n) is 22.5. The Morgan fingerprint density at radius 1 is 1.08 bits per heavy atom. The van der Waals surface area contributed by atoms with Gasteiger partial charge in [-0.3, -0.25) is 4.79 Å². The van der Waals surface area contributed by atoms with Crippen LogP contribution in [0.25, 0.3) is 0 Å². The third-order valence-electron chi connectivity index (χ3n) is 8.48. The Kier molecular flexibility index (Phi) is 9.76. The first-order valence-corrected chi connectivity index (χ1v) is 14.2. The minimum Gasteiger partial charge on any atom is -0.388 e. The Morgan fingerprint density at radius 3 is 2.43 bits per heavy atom. The molecule has 2 aliphatic heterocycles. The van der Waals surface area contributed by atoms with Gasteiger partial charge in [0.15, 0.2) is 0 Å². The number of piperidine rings is 1. The summed E-state index contributed by atoms with van der Waals surface area (Å²) in [5.74, 6) is 0.867. The summed E-state index contributed by atoms with van der Waals surface area (Å²) in [6, 6.07) is 18.0. The molecule has 2 aromatic rings. The molecule has 2 saturated heterocycles. The van der Waals surface area contributed by atoms with E-state index in [0.717, 1.165) is 29.2 Å². The number of β-lactam (4-membered cyclic amide) rings is 1. The number of unbranched alkanes of at least 4 members (excludes halogenated alkanes) is 1. The number of aliphatic hydroxyl groups is 1. The zero-order chi connectivity index (χ0) is 26.2. The Hall–Kier alpha value is -2.69. The molecule has 2 fully saturated rings. The quantitative estimate of drug-likeness (QED) is 0.189. The highest BCUT2D eigenvalue weighted by atomic mass is 16.3. The summed E-state index contributed by atoms with van der Waals surface area (Å²) in [7, 11) is 0. The van der Waals surface area contributed by atoms with Crippen LogP contribution < -0.4 is 4.90 Å². The fourth-order valence-electron chi connectivity index (χ4n) is 5.95. The van der Waals surface area contributed by atoms with E-state index >= 15 is 0 Å². The Morgan fingerprint density at radius 2 is 1.78 bits per heavy atom. The summed E-state index contributed by atoms with van der Waals surface area (Å²) >= 11 is 0. The van der Waals surface area contributed by atoms with Crippen LogP contribution >= 0.6 is 0 Å². The molecule has 0 spiro atoms. The van der Waals surface area contributed by atoms with Crippen LogP contribution in [0.15, 0.2) is 79.4 Å². The number of rotatable bonds is 13. The lowest BCUT2D eigenvalue weighted by Crippen LogP contribution is -2.61. The lowest BCUT2D eigenvalue weighted by atomic mass is 9.78. The number of likely N-dealkylation sites (tertiary alicyclic amines) is 1. The highest BCUT2D eigenvalue weighted by Gasteiger charge is 2.48. The van der Waals surface area contributed by atoms with E-state index in [1.165, 1.54) is 57.3 Å². The van der Waals surface area contributed by atoms with Gasteiger partial charge < -0.3 is 14.9 Å². The van der Waals surface area contributed by atoms with Crippen LogP contribution in [0.4, 0.5) is 5.69 Å². The largest absolute Gasteiger partial charge is 0.388 e. The van der Waals surface area contributed by atoms with Gasteiger partial charge in [-0.2, -0.15) is 0 Å². The van der Waals surface area contributed by atoms with Gasteiger partial charge in [0.1, 0.15) is 0 Å². The van der Waals surface area contributed by atoms with Gasteiger partial charge >= 0.3 is 0 Å². The van der Waals surface area contributed by atoms with Gasteiger partial charge in [-0.05, 0) is 99.3 Å². The molecule has 37 heavy (non-hydrogen) atoms. The molecule has 198 valence electrons. The monoisotopic (exact) mass is 500 g/mol. The molecule has 4 nitrogen and oxygen atoms in total. The van der Waals surface area contributed by atoms with Crippen LogP contribution in [0.5, 0.6) is 0 Å². The van der Waals surface area contributed by atoms with Crippen molar-refractivity contribution < 1.29 is 9.90 Å². The number of amides is 1. The second kappa shape index (κ2) is 13.2. The normalized spacial score (nSPS) is 21.5. The molecule has 0 radical (unpaired) electrons. The van der Waals surface area contributed by atoms with Crippen LogP contribution in [-0.2, 0) is 11.2 Å². The summed E-state index contributed by atoms with van der Waals surface area (Å²) in [5.41, 5.74) is 3.98. The Labute approximate surface area is 223 Å². The van der Waals surface area contributed by atoms with Crippen molar-refractivity contribution in [3.05, 3.63) is 90.5 Å². The minimum absolute atomic E-state index is 0.101. The van der Waals surface area contributed by atoms with Crippen LogP contribution in [0.2, 0.25) is 0 Å². The van der Waals surface area contributed by atoms with Crippen molar-refractivity contribution in [2.75, 3.05) is 24.5 Å². The summed E-state index contributed by atoms with van der Waals surface area (Å²) in [5, 5.41) is 10.6. The third kappa shape index (κ3) is 6.80. The van der Waals surface area contributed by atoms with Gasteiger partial charge in [0.05, 0.1) is 18.1 Å². The molecule has 2 aliphatic rings. The Bertz CT molecular complexity index is 1020. The number of aliphatic hydroxyl groups excluding tert-OH is 1. The smallest absolute Gasteiger partial charge is 0.233 e. The van der Waals surface area contributed by atoms with Crippen molar-refractivity contribution in [2.45, 2.75) is 70.4 Å². The summed E-state index contributed by atoms with van der Waals surface area (Å²) in [4.78, 5) is 17.7. The number of carbonyl (C=O) groups is 1. The molecule has 2 heterocycles. The van der Waals surface area contributed by atoms with Gasteiger partial charge in [0, 0.05) is 5.69 Å². The lowest BCUT2D eigenvalue weighted by molar-refractivity contribution is -0.129. The van der Waals surface area contributed by atoms with Gasteiger partial charge in [0.2, 0.25) is 5.91 Å². The number of anilines is 1. The molecular formula is C33H44N2O2. The average Bonchev–Trinajstić information content (AvgIpc) is 2.95. The number of benzene rings is 2. The average molecular weight is 501 g/mol. The Balaban J connectivity index is 1.27. The first kappa shape index (κ1) is 27.3. The number of carbonyl (C=O) groups excluding carboxylic acids is 1. The number of aryl methyl sites for hydroxylation is 1. The fourth-order valence-corrected chi connectivity index (χ4v) is 5.95. The van der Waals surface area contributed by atoms with Crippen LogP contribution in [-0.4, -0.2) is 41.6 Å². The van der Waals surface area contributed by atoms with Crippen LogP contribution in [0.3, 0.4) is 0 Å². The standard InChI is InChI=1S/C33H44N2O2/c1-4-25(3)32-30(18-19-31(36)28-12-7-6-8-13-28)33(37)35(32)29-16-14-27(15-17-29)11-9-10-22-34-23-20-26(5-2)21-24-34/h4,6-8,12-17,26,30-32,36H,1,3,5,9-11,18-24H2,2H3. The third-order valence-corrected chi connectivity index (χ3v) is 8.48. The van der Waals surface area contributed by atoms with E-state index in [2.05, 4.69) is 49.2 Å². The van der Waals surface area contributed by atoms with E-state index < -0.39 is 6.10 Å². The first-order chi connectivity index (χ1) is 18.0. The molecule has 4 heteroatoms. The van der Waals surface area contributed by atoms with E-state index in [1.807, 2.05) is 35.2 Å². The second-order valence-electron chi connectivity index (χ2n) is 10.9. The van der Waals surface area contributed by atoms with E-state index in [9.17, 15) is 9.90 Å². The second-order valence-corrected chi connectivity index (χ2v) is 10.9. The number of hydrogen-bond donors (Lipinski definition) is 1. The van der Waals surface area contributed by atoms with Crippen molar-refractivity contribution in [1.29, 1.82) is 0 Å². The van der Waals surface area contributed by atoms with E-state index in [4.69, 9.17) is 0 Å². The predicted molar refractivity (Wildman–Crippen MR) is 154 cm³/mol. The molecule has 0 aliphatic carbocycles. The highest BCUT2D eigenvalue weighted by molar-refractivity contribution is 6.04. The minimum atomic E-state index is -0.567. The number of hydrogen-bond acceptors (Lipinski definition) is 3. The van der Waals surface area contributed by atoms with Crippen molar-refractivity contribution in [2.24, 2.45) is 11.8 Å². The summed E-state index contributed by atoms with van der Waals surface area (Å²) in [6.45, 7) is 14.1. The zero-order valence-corrected chi connectivity index (χ0v) is 22.5. The lowest BCUT2D eigenvalue weighted by Gasteiger charge is -2.48. The molecule has 1 N–H and O–H groups in total. The molecule has 0 saturated carbocycles. The van der Waals surface area contributed by atoms with Gasteiger partial charge in [-0.25, -0.2) is 0 Å². The van der Waals surface area contributed by atoms with Crippen molar-refractivity contribution in [3.8, 4) is 0 Å².